The third kappa shape index (κ3) is 2.99. The maximum absolute atomic E-state index is 13.0. The van der Waals surface area contributed by atoms with Gasteiger partial charge in [0.15, 0.2) is 0 Å². The monoisotopic (exact) mass is 340 g/mol. The van der Waals surface area contributed by atoms with E-state index in [4.69, 9.17) is 5.73 Å². The third-order valence-electron chi connectivity index (χ3n) is 4.18. The minimum atomic E-state index is -3.50. The van der Waals surface area contributed by atoms with Gasteiger partial charge in [0.2, 0.25) is 10.0 Å². The van der Waals surface area contributed by atoms with E-state index in [9.17, 15) is 8.42 Å². The van der Waals surface area contributed by atoms with Crippen LogP contribution in [0, 0.1) is 0 Å². The fourth-order valence-corrected chi connectivity index (χ4v) is 4.99. The van der Waals surface area contributed by atoms with Crippen LogP contribution in [0.4, 0.5) is 0 Å². The van der Waals surface area contributed by atoms with E-state index in [1.807, 2.05) is 30.3 Å². The van der Waals surface area contributed by atoms with Crippen molar-refractivity contribution in [2.75, 3.05) is 13.1 Å². The van der Waals surface area contributed by atoms with Crippen molar-refractivity contribution in [3.8, 4) is 0 Å². The molecule has 0 radical (unpaired) electrons. The highest BCUT2D eigenvalue weighted by Gasteiger charge is 2.33. The van der Waals surface area contributed by atoms with Crippen LogP contribution in [0.1, 0.15) is 19.3 Å². The van der Waals surface area contributed by atoms with E-state index >= 15 is 0 Å². The van der Waals surface area contributed by atoms with Gasteiger partial charge in [0, 0.05) is 24.5 Å². The first-order valence-corrected chi connectivity index (χ1v) is 8.78. The van der Waals surface area contributed by atoms with Gasteiger partial charge < -0.3 is 5.73 Å². The van der Waals surface area contributed by atoms with Gasteiger partial charge in [-0.1, -0.05) is 42.8 Å². The largest absolute Gasteiger partial charge is 0.329 e. The van der Waals surface area contributed by atoms with E-state index in [2.05, 4.69) is 0 Å². The lowest BCUT2D eigenvalue weighted by Gasteiger charge is -2.34. The van der Waals surface area contributed by atoms with Gasteiger partial charge in [0.1, 0.15) is 0 Å². The maximum Gasteiger partial charge on any atom is 0.243 e. The number of nitrogens with zero attached hydrogens (tertiary/aromatic N) is 1. The summed E-state index contributed by atoms with van der Waals surface area (Å²) >= 11 is 0. The fourth-order valence-electron chi connectivity index (χ4n) is 3.07. The van der Waals surface area contributed by atoms with Crippen molar-refractivity contribution in [2.45, 2.75) is 30.2 Å². The van der Waals surface area contributed by atoms with Crippen LogP contribution >= 0.6 is 12.4 Å². The van der Waals surface area contributed by atoms with Crippen molar-refractivity contribution in [1.82, 2.24) is 4.31 Å². The molecule has 0 aromatic heterocycles. The lowest BCUT2D eigenvalue weighted by molar-refractivity contribution is 0.258. The van der Waals surface area contributed by atoms with Crippen molar-refractivity contribution in [1.29, 1.82) is 0 Å². The van der Waals surface area contributed by atoms with E-state index < -0.39 is 10.0 Å². The Morgan fingerprint density at radius 1 is 1.09 bits per heavy atom. The van der Waals surface area contributed by atoms with Gasteiger partial charge in [-0.25, -0.2) is 8.42 Å². The Bertz CT molecular complexity index is 743. The first-order chi connectivity index (χ1) is 10.1. The second-order valence-electron chi connectivity index (χ2n) is 5.48. The molecule has 0 amide bonds. The van der Waals surface area contributed by atoms with Crippen LogP contribution < -0.4 is 5.73 Å². The lowest BCUT2D eigenvalue weighted by atomic mass is 10.1. The average molecular weight is 341 g/mol. The highest BCUT2D eigenvalue weighted by Crippen LogP contribution is 2.29. The summed E-state index contributed by atoms with van der Waals surface area (Å²) < 4.78 is 27.7. The molecule has 1 atom stereocenters. The number of hydrogen-bond donors (Lipinski definition) is 1. The normalized spacial score (nSPS) is 19.8. The van der Waals surface area contributed by atoms with Crippen LogP contribution in [-0.4, -0.2) is 31.9 Å². The summed E-state index contributed by atoms with van der Waals surface area (Å²) in [6, 6.07) is 12.9. The minimum absolute atomic E-state index is 0. The summed E-state index contributed by atoms with van der Waals surface area (Å²) in [5, 5.41) is 1.72. The van der Waals surface area contributed by atoms with Crippen LogP contribution in [-0.2, 0) is 10.0 Å². The zero-order chi connectivity index (χ0) is 14.9. The predicted molar refractivity (Wildman–Crippen MR) is 91.8 cm³/mol. The van der Waals surface area contributed by atoms with Gasteiger partial charge >= 0.3 is 0 Å². The van der Waals surface area contributed by atoms with Crippen molar-refractivity contribution < 1.29 is 8.42 Å². The number of fused-ring (bicyclic) bond motifs is 1. The zero-order valence-corrected chi connectivity index (χ0v) is 13.9. The summed E-state index contributed by atoms with van der Waals surface area (Å²) in [6.07, 6.45) is 2.80. The van der Waals surface area contributed by atoms with Gasteiger partial charge in [0.05, 0.1) is 4.90 Å². The zero-order valence-electron chi connectivity index (χ0n) is 12.3. The lowest BCUT2D eigenvalue weighted by Crippen LogP contribution is -2.47. The van der Waals surface area contributed by atoms with E-state index in [0.717, 1.165) is 30.0 Å². The molecule has 4 nitrogen and oxygen atoms in total. The van der Waals surface area contributed by atoms with E-state index in [1.54, 1.807) is 16.4 Å². The summed E-state index contributed by atoms with van der Waals surface area (Å²) in [5.74, 6) is 0. The number of nitrogens with two attached hydrogens (primary N) is 1. The number of hydrogen-bond acceptors (Lipinski definition) is 3. The Labute approximate surface area is 137 Å². The Kier molecular flexibility index (Phi) is 5.45. The highest BCUT2D eigenvalue weighted by atomic mass is 35.5. The molecule has 6 heteroatoms. The number of sulfonamides is 1. The van der Waals surface area contributed by atoms with E-state index in [0.29, 0.717) is 18.0 Å². The molecule has 3 rings (SSSR count). The Morgan fingerprint density at radius 3 is 2.59 bits per heavy atom. The molecule has 120 valence electrons. The molecule has 1 aliphatic rings. The van der Waals surface area contributed by atoms with Crippen molar-refractivity contribution >= 4 is 33.2 Å². The summed E-state index contributed by atoms with van der Waals surface area (Å²) in [5.41, 5.74) is 5.77. The summed E-state index contributed by atoms with van der Waals surface area (Å²) in [6.45, 7) is 0.942. The molecule has 1 fully saturated rings. The molecular formula is C16H21ClN2O2S. The Balaban J connectivity index is 0.00000176. The Morgan fingerprint density at radius 2 is 1.82 bits per heavy atom. The van der Waals surface area contributed by atoms with Crippen LogP contribution in [0.25, 0.3) is 10.8 Å². The van der Waals surface area contributed by atoms with Crippen molar-refractivity contribution in [2.24, 2.45) is 5.73 Å². The Hall–Kier alpha value is -1.14. The predicted octanol–water partition coefficient (Wildman–Crippen LogP) is 2.76. The number of benzene rings is 2. The molecule has 0 aliphatic carbocycles. The quantitative estimate of drug-likeness (QED) is 0.934. The topological polar surface area (TPSA) is 63.4 Å². The van der Waals surface area contributed by atoms with Gasteiger partial charge in [-0.15, -0.1) is 12.4 Å². The van der Waals surface area contributed by atoms with Crippen molar-refractivity contribution in [3.63, 3.8) is 0 Å². The molecule has 22 heavy (non-hydrogen) atoms. The molecule has 1 heterocycles. The molecule has 2 aromatic rings. The maximum atomic E-state index is 13.0. The number of rotatable bonds is 3. The molecule has 1 saturated heterocycles. The number of piperidine rings is 1. The van der Waals surface area contributed by atoms with Crippen LogP contribution in [0.15, 0.2) is 47.4 Å². The molecule has 1 aliphatic heterocycles. The second kappa shape index (κ2) is 6.96. The minimum Gasteiger partial charge on any atom is -0.329 e. The smallest absolute Gasteiger partial charge is 0.243 e. The van der Waals surface area contributed by atoms with Crippen LogP contribution in [0.3, 0.4) is 0 Å². The molecule has 1 unspecified atom stereocenters. The molecule has 2 N–H and O–H groups in total. The number of halogens is 1. The average Bonchev–Trinajstić information content (AvgIpc) is 2.54. The van der Waals surface area contributed by atoms with Gasteiger partial charge in [-0.05, 0) is 24.3 Å². The molecule has 0 spiro atoms. The van der Waals surface area contributed by atoms with Crippen LogP contribution in [0.2, 0.25) is 0 Å². The SMILES string of the molecule is Cl.NCC1CCCCN1S(=O)(=O)c1cccc2ccccc12. The molecular weight excluding hydrogens is 320 g/mol. The van der Waals surface area contributed by atoms with E-state index in [-0.39, 0.29) is 18.4 Å². The van der Waals surface area contributed by atoms with Crippen LogP contribution in [0.5, 0.6) is 0 Å². The van der Waals surface area contributed by atoms with Gasteiger partial charge in [-0.2, -0.15) is 4.31 Å². The van der Waals surface area contributed by atoms with Gasteiger partial charge in [0.25, 0.3) is 0 Å². The standard InChI is InChI=1S/C16H20N2O2S.ClH/c17-12-14-8-3-4-11-18(14)21(19,20)16-10-5-7-13-6-1-2-9-15(13)16;/h1-2,5-7,9-10,14H,3-4,8,11-12,17H2;1H. The first-order valence-electron chi connectivity index (χ1n) is 7.34. The second-order valence-corrected chi connectivity index (χ2v) is 7.34. The van der Waals surface area contributed by atoms with Gasteiger partial charge in [-0.3, -0.25) is 0 Å². The third-order valence-corrected chi connectivity index (χ3v) is 6.19. The van der Waals surface area contributed by atoms with E-state index in [1.165, 1.54) is 0 Å². The molecule has 0 saturated carbocycles. The molecule has 2 aromatic carbocycles. The summed E-state index contributed by atoms with van der Waals surface area (Å²) in [7, 11) is -3.50. The molecule has 0 bridgehead atoms. The van der Waals surface area contributed by atoms with Crippen molar-refractivity contribution in [3.05, 3.63) is 42.5 Å². The first kappa shape index (κ1) is 17.2. The highest BCUT2D eigenvalue weighted by molar-refractivity contribution is 7.89. The fraction of sp³-hybridized carbons (Fsp3) is 0.375. The summed E-state index contributed by atoms with van der Waals surface area (Å²) in [4.78, 5) is 0.390.